The molecular weight excluding hydrogens is 390 g/mol. The standard InChI is InChI=1S/C18H29NO10/c1-9(20)25-8-12-14(26-10(2)21)15(27-11(3)22)13(16(24-7)28-12)19-17(23)29-18(4,5)6/h12-16H,8H2,1-7H3,(H,19,23)/t12-,13-,14-,15-,16+/m1/s1. The summed E-state index contributed by atoms with van der Waals surface area (Å²) in [6.07, 6.45) is -5.30. The summed E-state index contributed by atoms with van der Waals surface area (Å²) in [5.74, 6) is -1.95. The smallest absolute Gasteiger partial charge is 0.408 e. The van der Waals surface area contributed by atoms with Crippen molar-refractivity contribution in [2.75, 3.05) is 13.7 Å². The molecule has 1 rings (SSSR count). The Bertz CT molecular complexity index is 614. The molecule has 0 aliphatic carbocycles. The molecule has 0 saturated carbocycles. The van der Waals surface area contributed by atoms with Crippen molar-refractivity contribution in [2.24, 2.45) is 0 Å². The van der Waals surface area contributed by atoms with Gasteiger partial charge in [-0.2, -0.15) is 0 Å². The first-order chi connectivity index (χ1) is 13.3. The molecule has 29 heavy (non-hydrogen) atoms. The third-order valence-electron chi connectivity index (χ3n) is 3.62. The number of amides is 1. The van der Waals surface area contributed by atoms with Crippen molar-refractivity contribution >= 4 is 24.0 Å². The van der Waals surface area contributed by atoms with Crippen LogP contribution in [0.2, 0.25) is 0 Å². The van der Waals surface area contributed by atoms with E-state index >= 15 is 0 Å². The van der Waals surface area contributed by atoms with Gasteiger partial charge in [0, 0.05) is 27.9 Å². The lowest BCUT2D eigenvalue weighted by Gasteiger charge is -2.44. The van der Waals surface area contributed by atoms with E-state index in [1.165, 1.54) is 14.0 Å². The normalized spacial score (nSPS) is 26.8. The number of rotatable bonds is 6. The lowest BCUT2D eigenvalue weighted by Crippen LogP contribution is -2.66. The van der Waals surface area contributed by atoms with Gasteiger partial charge in [-0.05, 0) is 20.8 Å². The van der Waals surface area contributed by atoms with E-state index in [-0.39, 0.29) is 6.61 Å². The van der Waals surface area contributed by atoms with Crippen LogP contribution in [-0.2, 0) is 42.8 Å². The van der Waals surface area contributed by atoms with Crippen LogP contribution in [0.25, 0.3) is 0 Å². The van der Waals surface area contributed by atoms with Crippen LogP contribution in [0.4, 0.5) is 4.79 Å². The topological polar surface area (TPSA) is 136 Å². The number of alkyl carbamates (subject to hydrolysis) is 1. The van der Waals surface area contributed by atoms with E-state index in [2.05, 4.69) is 5.32 Å². The fraction of sp³-hybridized carbons (Fsp3) is 0.778. The average molecular weight is 419 g/mol. The lowest BCUT2D eigenvalue weighted by atomic mass is 9.96. The first-order valence-corrected chi connectivity index (χ1v) is 8.99. The van der Waals surface area contributed by atoms with E-state index in [0.29, 0.717) is 0 Å². The van der Waals surface area contributed by atoms with Crippen molar-refractivity contribution in [1.29, 1.82) is 0 Å². The van der Waals surface area contributed by atoms with E-state index in [1.54, 1.807) is 20.8 Å². The number of esters is 3. The Morgan fingerprint density at radius 3 is 1.93 bits per heavy atom. The Labute approximate surface area is 169 Å². The van der Waals surface area contributed by atoms with Gasteiger partial charge in [-0.25, -0.2) is 4.79 Å². The number of carbonyl (C=O) groups excluding carboxylic acids is 4. The van der Waals surface area contributed by atoms with Gasteiger partial charge >= 0.3 is 24.0 Å². The molecule has 0 radical (unpaired) electrons. The summed E-state index contributed by atoms with van der Waals surface area (Å²) in [5, 5.41) is 2.53. The van der Waals surface area contributed by atoms with E-state index in [4.69, 9.17) is 28.4 Å². The van der Waals surface area contributed by atoms with Gasteiger partial charge in [-0.3, -0.25) is 14.4 Å². The fourth-order valence-electron chi connectivity index (χ4n) is 2.70. The van der Waals surface area contributed by atoms with Crippen LogP contribution < -0.4 is 5.32 Å². The Kier molecular flexibility index (Phi) is 8.83. The zero-order chi connectivity index (χ0) is 22.4. The average Bonchev–Trinajstić information content (AvgIpc) is 2.54. The first-order valence-electron chi connectivity index (χ1n) is 8.99. The molecule has 5 atom stereocenters. The van der Waals surface area contributed by atoms with Gasteiger partial charge in [0.2, 0.25) is 0 Å². The molecule has 0 unspecified atom stereocenters. The van der Waals surface area contributed by atoms with Crippen LogP contribution in [0.1, 0.15) is 41.5 Å². The number of methoxy groups -OCH3 is 1. The fourth-order valence-corrected chi connectivity index (χ4v) is 2.70. The highest BCUT2D eigenvalue weighted by Gasteiger charge is 2.51. The van der Waals surface area contributed by atoms with Gasteiger partial charge in [0.1, 0.15) is 24.4 Å². The summed E-state index contributed by atoms with van der Waals surface area (Å²) in [6.45, 7) is 8.27. The Morgan fingerprint density at radius 2 is 1.48 bits per heavy atom. The zero-order valence-corrected chi connectivity index (χ0v) is 17.7. The molecule has 1 heterocycles. The highest BCUT2D eigenvalue weighted by molar-refractivity contribution is 5.70. The van der Waals surface area contributed by atoms with Gasteiger partial charge in [0.15, 0.2) is 18.5 Å². The van der Waals surface area contributed by atoms with Gasteiger partial charge in [-0.15, -0.1) is 0 Å². The summed E-state index contributed by atoms with van der Waals surface area (Å²) >= 11 is 0. The molecule has 0 aromatic heterocycles. The molecule has 1 amide bonds. The first kappa shape index (κ1) is 24.6. The lowest BCUT2D eigenvalue weighted by molar-refractivity contribution is -0.271. The summed E-state index contributed by atoms with van der Waals surface area (Å²) in [5.41, 5.74) is -0.785. The number of carbonyl (C=O) groups is 4. The van der Waals surface area contributed by atoms with Gasteiger partial charge in [-0.1, -0.05) is 0 Å². The van der Waals surface area contributed by atoms with Crippen molar-refractivity contribution < 1.29 is 47.6 Å². The van der Waals surface area contributed by atoms with Gasteiger partial charge < -0.3 is 33.7 Å². The molecule has 1 saturated heterocycles. The van der Waals surface area contributed by atoms with E-state index in [9.17, 15) is 19.2 Å². The van der Waals surface area contributed by atoms with Crippen LogP contribution in [0.3, 0.4) is 0 Å². The summed E-state index contributed by atoms with van der Waals surface area (Å²) in [6, 6.07) is -1.07. The molecule has 11 heteroatoms. The molecule has 1 fully saturated rings. The third kappa shape index (κ3) is 8.24. The highest BCUT2D eigenvalue weighted by atomic mass is 16.7. The maximum Gasteiger partial charge on any atom is 0.408 e. The predicted molar refractivity (Wildman–Crippen MR) is 96.6 cm³/mol. The second-order valence-electron chi connectivity index (χ2n) is 7.40. The number of ether oxygens (including phenoxy) is 6. The van der Waals surface area contributed by atoms with E-state index < -0.39 is 60.2 Å². The number of hydrogen-bond donors (Lipinski definition) is 1. The Morgan fingerprint density at radius 1 is 0.931 bits per heavy atom. The molecular formula is C18H29NO10. The van der Waals surface area contributed by atoms with Crippen molar-refractivity contribution in [3.63, 3.8) is 0 Å². The molecule has 1 N–H and O–H groups in total. The molecule has 0 aromatic carbocycles. The second-order valence-corrected chi connectivity index (χ2v) is 7.40. The molecule has 0 spiro atoms. The third-order valence-corrected chi connectivity index (χ3v) is 3.62. The maximum atomic E-state index is 12.3. The maximum absolute atomic E-state index is 12.3. The van der Waals surface area contributed by atoms with Crippen molar-refractivity contribution in [1.82, 2.24) is 5.32 Å². The highest BCUT2D eigenvalue weighted by Crippen LogP contribution is 2.28. The zero-order valence-electron chi connectivity index (χ0n) is 17.7. The minimum atomic E-state index is -1.19. The Hall–Kier alpha value is -2.40. The Balaban J connectivity index is 3.21. The summed E-state index contributed by atoms with van der Waals surface area (Å²) in [4.78, 5) is 46.8. The largest absolute Gasteiger partial charge is 0.463 e. The van der Waals surface area contributed by atoms with Crippen LogP contribution in [0, 0.1) is 0 Å². The summed E-state index contributed by atoms with van der Waals surface area (Å²) in [7, 11) is 1.31. The molecule has 1 aliphatic heterocycles. The van der Waals surface area contributed by atoms with Crippen LogP contribution in [-0.4, -0.2) is 74.0 Å². The summed E-state index contributed by atoms with van der Waals surface area (Å²) < 4.78 is 31.8. The van der Waals surface area contributed by atoms with Crippen LogP contribution >= 0.6 is 0 Å². The predicted octanol–water partition coefficient (Wildman–Crippen LogP) is 0.677. The van der Waals surface area contributed by atoms with Gasteiger partial charge in [0.05, 0.1) is 0 Å². The second kappa shape index (κ2) is 10.4. The minimum Gasteiger partial charge on any atom is -0.463 e. The van der Waals surface area contributed by atoms with Crippen LogP contribution in [0.15, 0.2) is 0 Å². The van der Waals surface area contributed by atoms with Crippen molar-refractivity contribution in [2.45, 2.75) is 77.8 Å². The van der Waals surface area contributed by atoms with Crippen LogP contribution in [0.5, 0.6) is 0 Å². The SMILES string of the molecule is CO[C@H]1O[C@H](COC(C)=O)[C@@H](OC(C)=O)[C@H](OC(C)=O)[C@H]1NC(=O)OC(C)(C)C. The molecule has 0 bridgehead atoms. The number of hydrogen-bond acceptors (Lipinski definition) is 10. The number of nitrogens with one attached hydrogen (secondary N) is 1. The monoisotopic (exact) mass is 419 g/mol. The quantitative estimate of drug-likeness (QED) is 0.483. The van der Waals surface area contributed by atoms with E-state index in [0.717, 1.165) is 13.8 Å². The molecule has 1 aliphatic rings. The minimum absolute atomic E-state index is 0.288. The van der Waals surface area contributed by atoms with Crippen molar-refractivity contribution in [3.8, 4) is 0 Å². The van der Waals surface area contributed by atoms with Crippen molar-refractivity contribution in [3.05, 3.63) is 0 Å². The van der Waals surface area contributed by atoms with E-state index in [1.807, 2.05) is 0 Å². The molecule has 166 valence electrons. The molecule has 0 aromatic rings. The van der Waals surface area contributed by atoms with Gasteiger partial charge in [0.25, 0.3) is 0 Å². The molecule has 11 nitrogen and oxygen atoms in total.